The van der Waals surface area contributed by atoms with Gasteiger partial charge in [-0.3, -0.25) is 9.59 Å². The van der Waals surface area contributed by atoms with Gasteiger partial charge in [0.25, 0.3) is 0 Å². The lowest BCUT2D eigenvalue weighted by Crippen LogP contribution is -2.37. The summed E-state index contributed by atoms with van der Waals surface area (Å²) in [6, 6.07) is 16.3. The average molecular weight is 379 g/mol. The van der Waals surface area contributed by atoms with Crippen LogP contribution < -0.4 is 10.6 Å². The summed E-state index contributed by atoms with van der Waals surface area (Å²) in [4.78, 5) is 24.9. The van der Waals surface area contributed by atoms with E-state index in [2.05, 4.69) is 42.7 Å². The summed E-state index contributed by atoms with van der Waals surface area (Å²) in [7, 11) is 0. The third-order valence-corrected chi connectivity index (χ3v) is 5.77. The number of aryl methyl sites for hydroxylation is 2. The van der Waals surface area contributed by atoms with Gasteiger partial charge >= 0.3 is 0 Å². The molecule has 0 unspecified atom stereocenters. The fourth-order valence-corrected chi connectivity index (χ4v) is 3.79. The van der Waals surface area contributed by atoms with Crippen LogP contribution in [0.15, 0.2) is 48.5 Å². The van der Waals surface area contributed by atoms with Gasteiger partial charge in [-0.15, -0.1) is 0 Å². The number of carbonyl (C=O) groups is 2. The van der Waals surface area contributed by atoms with E-state index in [1.165, 1.54) is 11.1 Å². The fourth-order valence-electron chi connectivity index (χ4n) is 3.79. The Bertz CT molecular complexity index is 806. The van der Waals surface area contributed by atoms with Crippen molar-refractivity contribution in [1.29, 1.82) is 0 Å². The minimum absolute atomic E-state index is 0.0187. The van der Waals surface area contributed by atoms with Crippen LogP contribution in [0.4, 0.5) is 0 Å². The summed E-state index contributed by atoms with van der Waals surface area (Å²) >= 11 is 0. The second-order valence-electron chi connectivity index (χ2n) is 7.90. The van der Waals surface area contributed by atoms with E-state index in [9.17, 15) is 9.59 Å². The zero-order valence-electron chi connectivity index (χ0n) is 16.8. The molecule has 0 heterocycles. The SMILES string of the molecule is Cc1ccc(CNC(=O)C2CCC(C(=O)NCc3ccccc3C)CC2)cc1. The molecule has 0 bridgehead atoms. The first-order valence-corrected chi connectivity index (χ1v) is 10.2. The molecule has 0 aliphatic heterocycles. The first-order valence-electron chi connectivity index (χ1n) is 10.2. The van der Waals surface area contributed by atoms with Gasteiger partial charge in [-0.2, -0.15) is 0 Å². The van der Waals surface area contributed by atoms with E-state index in [0.29, 0.717) is 13.1 Å². The van der Waals surface area contributed by atoms with Crippen LogP contribution in [0, 0.1) is 25.7 Å². The predicted molar refractivity (Wildman–Crippen MR) is 111 cm³/mol. The lowest BCUT2D eigenvalue weighted by molar-refractivity contribution is -0.130. The molecular weight excluding hydrogens is 348 g/mol. The molecule has 3 rings (SSSR count). The molecule has 0 aromatic heterocycles. The summed E-state index contributed by atoms with van der Waals surface area (Å²) in [6.07, 6.45) is 3.12. The van der Waals surface area contributed by atoms with E-state index in [1.54, 1.807) is 0 Å². The molecule has 2 N–H and O–H groups in total. The maximum absolute atomic E-state index is 12.5. The molecule has 28 heavy (non-hydrogen) atoms. The van der Waals surface area contributed by atoms with E-state index in [1.807, 2.05) is 30.3 Å². The zero-order chi connectivity index (χ0) is 19.9. The average Bonchev–Trinajstić information content (AvgIpc) is 2.72. The van der Waals surface area contributed by atoms with Crippen LogP contribution in [0.2, 0.25) is 0 Å². The van der Waals surface area contributed by atoms with Gasteiger partial charge in [0.1, 0.15) is 0 Å². The number of rotatable bonds is 6. The number of benzene rings is 2. The summed E-state index contributed by atoms with van der Waals surface area (Å²) in [5.41, 5.74) is 4.68. The van der Waals surface area contributed by atoms with Gasteiger partial charge in [-0.25, -0.2) is 0 Å². The molecule has 0 radical (unpaired) electrons. The molecule has 2 aromatic rings. The van der Waals surface area contributed by atoms with E-state index >= 15 is 0 Å². The fraction of sp³-hybridized carbons (Fsp3) is 0.417. The molecule has 148 valence electrons. The van der Waals surface area contributed by atoms with E-state index < -0.39 is 0 Å². The Kier molecular flexibility index (Phi) is 6.85. The molecule has 2 aromatic carbocycles. The third-order valence-electron chi connectivity index (χ3n) is 5.77. The van der Waals surface area contributed by atoms with Gasteiger partial charge in [0, 0.05) is 24.9 Å². The highest BCUT2D eigenvalue weighted by Gasteiger charge is 2.29. The molecule has 1 fully saturated rings. The second-order valence-corrected chi connectivity index (χ2v) is 7.90. The number of carbonyl (C=O) groups excluding carboxylic acids is 2. The van der Waals surface area contributed by atoms with Gasteiger partial charge in [0.2, 0.25) is 11.8 Å². The van der Waals surface area contributed by atoms with Crippen molar-refractivity contribution in [3.8, 4) is 0 Å². The van der Waals surface area contributed by atoms with Crippen LogP contribution in [0.5, 0.6) is 0 Å². The largest absolute Gasteiger partial charge is 0.352 e. The highest BCUT2D eigenvalue weighted by atomic mass is 16.2. The van der Waals surface area contributed by atoms with Crippen molar-refractivity contribution in [2.75, 3.05) is 0 Å². The first-order chi connectivity index (χ1) is 13.5. The Labute approximate surface area is 167 Å². The highest BCUT2D eigenvalue weighted by Crippen LogP contribution is 2.29. The van der Waals surface area contributed by atoms with E-state index in [-0.39, 0.29) is 23.7 Å². The Balaban J connectivity index is 1.40. The molecule has 0 saturated heterocycles. The molecule has 1 aliphatic rings. The van der Waals surface area contributed by atoms with Gasteiger partial charge in [-0.1, -0.05) is 54.1 Å². The first kappa shape index (κ1) is 20.1. The molecule has 1 saturated carbocycles. The highest BCUT2D eigenvalue weighted by molar-refractivity contribution is 5.81. The van der Waals surface area contributed by atoms with Crippen LogP contribution in [0.25, 0.3) is 0 Å². The van der Waals surface area contributed by atoms with Crippen molar-refractivity contribution in [3.05, 3.63) is 70.8 Å². The minimum atomic E-state index is 0.0187. The maximum Gasteiger partial charge on any atom is 0.223 e. The van der Waals surface area contributed by atoms with Crippen LogP contribution in [-0.4, -0.2) is 11.8 Å². The molecule has 0 atom stereocenters. The molecule has 1 aliphatic carbocycles. The van der Waals surface area contributed by atoms with Crippen LogP contribution in [0.3, 0.4) is 0 Å². The number of hydrogen-bond acceptors (Lipinski definition) is 2. The molecule has 4 nitrogen and oxygen atoms in total. The van der Waals surface area contributed by atoms with Crippen molar-refractivity contribution >= 4 is 11.8 Å². The normalized spacial score (nSPS) is 19.1. The molecular formula is C24H30N2O2. The van der Waals surface area contributed by atoms with Crippen LogP contribution in [-0.2, 0) is 22.7 Å². The lowest BCUT2D eigenvalue weighted by atomic mass is 9.81. The van der Waals surface area contributed by atoms with Gasteiger partial charge < -0.3 is 10.6 Å². The Morgan fingerprint density at radius 3 is 1.89 bits per heavy atom. The van der Waals surface area contributed by atoms with Gasteiger partial charge in [-0.05, 0) is 56.2 Å². The molecule has 2 amide bonds. The topological polar surface area (TPSA) is 58.2 Å². The van der Waals surface area contributed by atoms with Crippen LogP contribution >= 0.6 is 0 Å². The zero-order valence-corrected chi connectivity index (χ0v) is 16.8. The Morgan fingerprint density at radius 2 is 1.32 bits per heavy atom. The van der Waals surface area contributed by atoms with Crippen molar-refractivity contribution in [2.45, 2.75) is 52.6 Å². The monoisotopic (exact) mass is 378 g/mol. The standard InChI is InChI=1S/C24H30N2O2/c1-17-7-9-19(10-8-17)15-25-23(27)20-11-13-21(14-12-20)24(28)26-16-22-6-4-3-5-18(22)2/h3-10,20-21H,11-16H2,1-2H3,(H,25,27)(H,26,28). The number of nitrogens with one attached hydrogen (secondary N) is 2. The Hall–Kier alpha value is -2.62. The van der Waals surface area contributed by atoms with E-state index in [0.717, 1.165) is 36.8 Å². The predicted octanol–water partition coefficient (Wildman–Crippen LogP) is 4.04. The number of hydrogen-bond donors (Lipinski definition) is 2. The Morgan fingerprint density at radius 1 is 0.786 bits per heavy atom. The van der Waals surface area contributed by atoms with Crippen molar-refractivity contribution in [2.24, 2.45) is 11.8 Å². The smallest absolute Gasteiger partial charge is 0.223 e. The van der Waals surface area contributed by atoms with Crippen LogP contribution in [0.1, 0.15) is 47.9 Å². The third kappa shape index (κ3) is 5.44. The summed E-state index contributed by atoms with van der Waals surface area (Å²) < 4.78 is 0. The molecule has 0 spiro atoms. The van der Waals surface area contributed by atoms with Crippen molar-refractivity contribution in [3.63, 3.8) is 0 Å². The van der Waals surface area contributed by atoms with Gasteiger partial charge in [0.05, 0.1) is 0 Å². The van der Waals surface area contributed by atoms with Crippen molar-refractivity contribution < 1.29 is 9.59 Å². The molecule has 4 heteroatoms. The summed E-state index contributed by atoms with van der Waals surface area (Å²) in [5.74, 6) is 0.261. The number of amides is 2. The maximum atomic E-state index is 12.5. The minimum Gasteiger partial charge on any atom is -0.352 e. The second kappa shape index (κ2) is 9.54. The van der Waals surface area contributed by atoms with E-state index in [4.69, 9.17) is 0 Å². The summed E-state index contributed by atoms with van der Waals surface area (Å²) in [5, 5.41) is 6.11. The summed E-state index contributed by atoms with van der Waals surface area (Å²) in [6.45, 7) is 5.25. The lowest BCUT2D eigenvalue weighted by Gasteiger charge is -2.27. The van der Waals surface area contributed by atoms with Gasteiger partial charge in [0.15, 0.2) is 0 Å². The van der Waals surface area contributed by atoms with Crippen molar-refractivity contribution in [1.82, 2.24) is 10.6 Å². The quantitative estimate of drug-likeness (QED) is 0.797.